The van der Waals surface area contributed by atoms with Crippen molar-refractivity contribution in [1.29, 1.82) is 0 Å². The summed E-state index contributed by atoms with van der Waals surface area (Å²) in [4.78, 5) is 7.85. The van der Waals surface area contributed by atoms with E-state index in [4.69, 9.17) is 0 Å². The highest BCUT2D eigenvalue weighted by Gasteiger charge is 2.28. The molecule has 15 heavy (non-hydrogen) atoms. The van der Waals surface area contributed by atoms with E-state index in [1.54, 1.807) is 12.4 Å². The minimum atomic E-state index is -1.07. The quantitative estimate of drug-likeness (QED) is 0.797. The number of nitrogens with one attached hydrogen (secondary N) is 1. The standard InChI is InChI=1S/C10H17N3OS/c1-8(9-5-11-7-12-6-9)13-15(14)10(2,3)4/h5-8,13H,1-4H3/t8-,15-/m0/s1. The SMILES string of the molecule is C[C@H](N[S@@+]([O-])C(C)(C)C)c1cncnc1. The van der Waals surface area contributed by atoms with Crippen molar-refractivity contribution in [2.24, 2.45) is 0 Å². The summed E-state index contributed by atoms with van der Waals surface area (Å²) in [7, 11) is 0. The molecule has 0 radical (unpaired) electrons. The average Bonchev–Trinajstić information content (AvgIpc) is 2.17. The molecule has 1 aromatic rings. The maximum atomic E-state index is 11.8. The van der Waals surface area contributed by atoms with Crippen LogP contribution in [0.15, 0.2) is 18.7 Å². The summed E-state index contributed by atoms with van der Waals surface area (Å²) in [6.45, 7) is 7.75. The highest BCUT2D eigenvalue weighted by atomic mass is 32.2. The van der Waals surface area contributed by atoms with Crippen LogP contribution in [0.5, 0.6) is 0 Å². The summed E-state index contributed by atoms with van der Waals surface area (Å²) >= 11 is -1.07. The summed E-state index contributed by atoms with van der Waals surface area (Å²) < 4.78 is 14.6. The van der Waals surface area contributed by atoms with Crippen molar-refractivity contribution in [3.63, 3.8) is 0 Å². The van der Waals surface area contributed by atoms with Crippen LogP contribution in [0.2, 0.25) is 0 Å². The Morgan fingerprint density at radius 2 is 1.87 bits per heavy atom. The van der Waals surface area contributed by atoms with Crippen LogP contribution in [0, 0.1) is 0 Å². The first-order valence-corrected chi connectivity index (χ1v) is 5.99. The number of rotatable bonds is 3. The Morgan fingerprint density at radius 3 is 2.33 bits per heavy atom. The van der Waals surface area contributed by atoms with Crippen molar-refractivity contribution in [2.75, 3.05) is 0 Å². The first kappa shape index (κ1) is 12.4. The third kappa shape index (κ3) is 3.77. The minimum Gasteiger partial charge on any atom is -0.598 e. The molecule has 0 aliphatic heterocycles. The van der Waals surface area contributed by atoms with E-state index in [0.29, 0.717) is 0 Å². The molecule has 1 heterocycles. The Morgan fingerprint density at radius 1 is 1.33 bits per heavy atom. The molecule has 1 N–H and O–H groups in total. The zero-order chi connectivity index (χ0) is 11.5. The van der Waals surface area contributed by atoms with Gasteiger partial charge in [-0.2, -0.15) is 0 Å². The lowest BCUT2D eigenvalue weighted by Crippen LogP contribution is -2.40. The molecule has 0 fully saturated rings. The third-order valence-corrected chi connectivity index (χ3v) is 3.60. The van der Waals surface area contributed by atoms with Crippen LogP contribution in [-0.4, -0.2) is 19.3 Å². The van der Waals surface area contributed by atoms with Gasteiger partial charge in [0.25, 0.3) is 0 Å². The van der Waals surface area contributed by atoms with E-state index in [2.05, 4.69) is 14.7 Å². The van der Waals surface area contributed by atoms with Gasteiger partial charge >= 0.3 is 0 Å². The predicted molar refractivity (Wildman–Crippen MR) is 61.5 cm³/mol. The van der Waals surface area contributed by atoms with E-state index in [9.17, 15) is 4.55 Å². The van der Waals surface area contributed by atoms with Crippen LogP contribution in [-0.2, 0) is 11.4 Å². The van der Waals surface area contributed by atoms with Crippen molar-refractivity contribution in [1.82, 2.24) is 14.7 Å². The number of aromatic nitrogens is 2. The first-order valence-electron chi connectivity index (χ1n) is 4.84. The molecule has 0 amide bonds. The number of hydrogen-bond acceptors (Lipinski definition) is 4. The largest absolute Gasteiger partial charge is 0.598 e. The second-order valence-electron chi connectivity index (χ2n) is 4.39. The van der Waals surface area contributed by atoms with Gasteiger partial charge in [0.2, 0.25) is 0 Å². The first-order chi connectivity index (χ1) is 6.91. The Hall–Kier alpha value is -0.650. The molecule has 0 bridgehead atoms. The monoisotopic (exact) mass is 227 g/mol. The summed E-state index contributed by atoms with van der Waals surface area (Å²) in [6.07, 6.45) is 4.94. The fraction of sp³-hybridized carbons (Fsp3) is 0.600. The van der Waals surface area contributed by atoms with Crippen LogP contribution in [0.3, 0.4) is 0 Å². The third-order valence-electron chi connectivity index (χ3n) is 1.92. The maximum absolute atomic E-state index is 11.8. The Bertz CT molecular complexity index is 299. The fourth-order valence-corrected chi connectivity index (χ4v) is 1.75. The van der Waals surface area contributed by atoms with E-state index in [1.165, 1.54) is 6.33 Å². The lowest BCUT2D eigenvalue weighted by molar-refractivity contribution is 0.530. The zero-order valence-electron chi connectivity index (χ0n) is 9.52. The summed E-state index contributed by atoms with van der Waals surface area (Å²) in [5.74, 6) is 0. The van der Waals surface area contributed by atoms with Gasteiger partial charge < -0.3 is 4.55 Å². The number of hydrogen-bond donors (Lipinski definition) is 1. The second-order valence-corrected chi connectivity index (χ2v) is 6.39. The van der Waals surface area contributed by atoms with Gasteiger partial charge in [-0.15, -0.1) is 4.72 Å². The van der Waals surface area contributed by atoms with E-state index >= 15 is 0 Å². The van der Waals surface area contributed by atoms with E-state index < -0.39 is 11.4 Å². The fourth-order valence-electron chi connectivity index (χ4n) is 0.940. The predicted octanol–water partition coefficient (Wildman–Crippen LogP) is 1.59. The van der Waals surface area contributed by atoms with Gasteiger partial charge in [-0.25, -0.2) is 9.97 Å². The lowest BCUT2D eigenvalue weighted by atomic mass is 10.2. The van der Waals surface area contributed by atoms with Crippen LogP contribution < -0.4 is 4.72 Å². The summed E-state index contributed by atoms with van der Waals surface area (Å²) in [5, 5.41) is 0. The van der Waals surface area contributed by atoms with E-state index in [0.717, 1.165) is 5.56 Å². The minimum absolute atomic E-state index is 0.00809. The van der Waals surface area contributed by atoms with Gasteiger partial charge in [0.1, 0.15) is 11.1 Å². The Labute approximate surface area is 93.8 Å². The molecule has 0 saturated heterocycles. The molecule has 0 saturated carbocycles. The van der Waals surface area contributed by atoms with Crippen LogP contribution in [0.25, 0.3) is 0 Å². The van der Waals surface area contributed by atoms with Crippen LogP contribution in [0.4, 0.5) is 0 Å². The molecule has 0 spiro atoms. The highest BCUT2D eigenvalue weighted by molar-refractivity contribution is 7.90. The van der Waals surface area contributed by atoms with Crippen molar-refractivity contribution in [2.45, 2.75) is 38.5 Å². The molecule has 5 heteroatoms. The van der Waals surface area contributed by atoms with Gasteiger partial charge in [0.15, 0.2) is 0 Å². The average molecular weight is 227 g/mol. The topological polar surface area (TPSA) is 60.9 Å². The molecule has 1 aromatic heterocycles. The van der Waals surface area contributed by atoms with E-state index in [1.807, 2.05) is 27.7 Å². The second kappa shape index (κ2) is 4.92. The molecule has 0 aliphatic carbocycles. The van der Waals surface area contributed by atoms with Gasteiger partial charge in [-0.3, -0.25) is 0 Å². The molecule has 2 atom stereocenters. The molecule has 0 unspecified atom stereocenters. The van der Waals surface area contributed by atoms with Gasteiger partial charge in [-0.1, -0.05) is 0 Å². The Balaban J connectivity index is 2.61. The zero-order valence-corrected chi connectivity index (χ0v) is 10.3. The molecule has 0 aliphatic rings. The van der Waals surface area contributed by atoms with Crippen molar-refractivity contribution < 1.29 is 4.55 Å². The summed E-state index contributed by atoms with van der Waals surface area (Å²) in [6, 6.07) is -0.00809. The Kier molecular flexibility index (Phi) is 4.07. The molecule has 0 aromatic carbocycles. The molecule has 4 nitrogen and oxygen atoms in total. The maximum Gasteiger partial charge on any atom is 0.136 e. The van der Waals surface area contributed by atoms with Crippen molar-refractivity contribution in [3.05, 3.63) is 24.3 Å². The molecule has 84 valence electrons. The molecular formula is C10H17N3OS. The van der Waals surface area contributed by atoms with Crippen LogP contribution >= 0.6 is 0 Å². The highest BCUT2D eigenvalue weighted by Crippen LogP contribution is 2.18. The normalized spacial score (nSPS) is 16.1. The van der Waals surface area contributed by atoms with Crippen molar-refractivity contribution >= 4 is 11.4 Å². The van der Waals surface area contributed by atoms with Gasteiger partial charge in [0.05, 0.1) is 6.04 Å². The molecule has 1 rings (SSSR count). The van der Waals surface area contributed by atoms with Crippen LogP contribution in [0.1, 0.15) is 39.3 Å². The van der Waals surface area contributed by atoms with Gasteiger partial charge in [-0.05, 0) is 27.7 Å². The lowest BCUT2D eigenvalue weighted by Gasteiger charge is -2.26. The van der Waals surface area contributed by atoms with Crippen molar-refractivity contribution in [3.8, 4) is 0 Å². The van der Waals surface area contributed by atoms with E-state index in [-0.39, 0.29) is 10.8 Å². The summed E-state index contributed by atoms with van der Waals surface area (Å²) in [5.41, 5.74) is 0.940. The van der Waals surface area contributed by atoms with Gasteiger partial charge in [0, 0.05) is 29.3 Å². The molecular weight excluding hydrogens is 210 g/mol. The number of nitrogens with zero attached hydrogens (tertiary/aromatic N) is 2. The smallest absolute Gasteiger partial charge is 0.136 e.